The van der Waals surface area contributed by atoms with E-state index >= 15 is 0 Å². The highest BCUT2D eigenvalue weighted by Crippen LogP contribution is 2.32. The summed E-state index contributed by atoms with van der Waals surface area (Å²) in [4.78, 5) is 4.20. The molecular weight excluding hydrogens is 252 g/mol. The number of thioether (sulfide) groups is 2. The molecule has 0 aliphatic carbocycles. The minimum absolute atomic E-state index is 0.0562. The summed E-state index contributed by atoms with van der Waals surface area (Å²) in [7, 11) is 0. The van der Waals surface area contributed by atoms with Crippen LogP contribution in [-0.2, 0) is 0 Å². The average molecular weight is 270 g/mol. The summed E-state index contributed by atoms with van der Waals surface area (Å²) in [5.41, 5.74) is 7.38. The molecule has 0 amide bonds. The van der Waals surface area contributed by atoms with Crippen molar-refractivity contribution >= 4 is 23.5 Å². The Balaban J connectivity index is 2.06. The van der Waals surface area contributed by atoms with Crippen LogP contribution in [0.2, 0.25) is 0 Å². The van der Waals surface area contributed by atoms with Crippen molar-refractivity contribution in [2.45, 2.75) is 18.2 Å². The minimum atomic E-state index is 0.0562. The third kappa shape index (κ3) is 3.53. The van der Waals surface area contributed by atoms with Gasteiger partial charge in [0.15, 0.2) is 0 Å². The first-order valence-electron chi connectivity index (χ1n) is 5.84. The van der Waals surface area contributed by atoms with Crippen LogP contribution in [0.5, 0.6) is 5.75 Å². The molecule has 2 unspecified atom stereocenters. The van der Waals surface area contributed by atoms with Crippen LogP contribution < -0.4 is 10.5 Å². The molecule has 2 N–H and O–H groups in total. The van der Waals surface area contributed by atoms with Gasteiger partial charge in [-0.3, -0.25) is 4.98 Å². The number of rotatable bonds is 4. The first kappa shape index (κ1) is 13.1. The number of nitrogens with zero attached hydrogens (tertiary/aromatic N) is 1. The van der Waals surface area contributed by atoms with Crippen molar-refractivity contribution in [2.24, 2.45) is 5.73 Å². The van der Waals surface area contributed by atoms with Gasteiger partial charge < -0.3 is 10.5 Å². The van der Waals surface area contributed by atoms with Crippen LogP contribution in [0.25, 0.3) is 0 Å². The van der Waals surface area contributed by atoms with Crippen molar-refractivity contribution in [3.8, 4) is 5.75 Å². The quantitative estimate of drug-likeness (QED) is 0.910. The highest BCUT2D eigenvalue weighted by molar-refractivity contribution is 8.06. The van der Waals surface area contributed by atoms with E-state index in [4.69, 9.17) is 10.5 Å². The standard InChI is InChI=1S/C12H18N2OS2/c1-2-15-10-5-9(6-14-7-10)12(13)11-8-16-3-4-17-11/h5-7,11-12H,2-4,8,13H2,1H3. The maximum absolute atomic E-state index is 6.31. The molecule has 1 aromatic rings. The summed E-state index contributed by atoms with van der Waals surface area (Å²) in [5, 5.41) is 0.493. The Kier molecular flexibility index (Phi) is 5.00. The van der Waals surface area contributed by atoms with E-state index in [-0.39, 0.29) is 6.04 Å². The van der Waals surface area contributed by atoms with Crippen molar-refractivity contribution in [1.29, 1.82) is 0 Å². The van der Waals surface area contributed by atoms with Crippen LogP contribution in [0.15, 0.2) is 18.5 Å². The number of ether oxygens (including phenoxy) is 1. The van der Waals surface area contributed by atoms with Gasteiger partial charge in [0.1, 0.15) is 5.75 Å². The topological polar surface area (TPSA) is 48.1 Å². The van der Waals surface area contributed by atoms with E-state index in [1.807, 2.05) is 42.7 Å². The maximum Gasteiger partial charge on any atom is 0.137 e. The van der Waals surface area contributed by atoms with E-state index in [2.05, 4.69) is 4.98 Å². The van der Waals surface area contributed by atoms with Gasteiger partial charge in [0, 0.05) is 34.7 Å². The Bertz CT molecular complexity index is 356. The molecule has 0 spiro atoms. The lowest BCUT2D eigenvalue weighted by molar-refractivity contribution is 0.338. The van der Waals surface area contributed by atoms with Crippen molar-refractivity contribution < 1.29 is 4.74 Å². The highest BCUT2D eigenvalue weighted by Gasteiger charge is 2.23. The molecule has 2 heterocycles. The summed E-state index contributed by atoms with van der Waals surface area (Å²) in [5.74, 6) is 4.38. The second-order valence-electron chi connectivity index (χ2n) is 3.90. The third-order valence-electron chi connectivity index (χ3n) is 2.67. The van der Waals surface area contributed by atoms with Gasteiger partial charge in [-0.15, -0.1) is 0 Å². The van der Waals surface area contributed by atoms with Gasteiger partial charge in [0.25, 0.3) is 0 Å². The molecule has 0 radical (unpaired) electrons. The Morgan fingerprint density at radius 3 is 3.12 bits per heavy atom. The summed E-state index contributed by atoms with van der Waals surface area (Å²) in [6.07, 6.45) is 3.59. The number of hydrogen-bond acceptors (Lipinski definition) is 5. The fourth-order valence-electron chi connectivity index (χ4n) is 1.79. The van der Waals surface area contributed by atoms with Gasteiger partial charge in [-0.2, -0.15) is 23.5 Å². The Labute approximate surface area is 111 Å². The lowest BCUT2D eigenvalue weighted by Crippen LogP contribution is -2.28. The van der Waals surface area contributed by atoms with Crippen LogP contribution in [0.3, 0.4) is 0 Å². The van der Waals surface area contributed by atoms with Crippen LogP contribution in [0.4, 0.5) is 0 Å². The van der Waals surface area contributed by atoms with E-state index in [0.717, 1.165) is 17.1 Å². The summed E-state index contributed by atoms with van der Waals surface area (Å²) < 4.78 is 5.45. The van der Waals surface area contributed by atoms with Crippen molar-refractivity contribution in [1.82, 2.24) is 4.98 Å². The first-order valence-corrected chi connectivity index (χ1v) is 8.04. The molecule has 3 nitrogen and oxygen atoms in total. The molecule has 2 atom stereocenters. The summed E-state index contributed by atoms with van der Waals surface area (Å²) in [6, 6.07) is 2.07. The van der Waals surface area contributed by atoms with E-state index in [1.54, 1.807) is 6.20 Å². The van der Waals surface area contributed by atoms with Crippen LogP contribution in [-0.4, -0.2) is 34.1 Å². The molecule has 17 heavy (non-hydrogen) atoms. The zero-order valence-electron chi connectivity index (χ0n) is 9.96. The molecule has 1 fully saturated rings. The third-order valence-corrected chi connectivity index (χ3v) is 5.56. The van der Waals surface area contributed by atoms with E-state index in [1.165, 1.54) is 11.5 Å². The van der Waals surface area contributed by atoms with Gasteiger partial charge >= 0.3 is 0 Å². The largest absolute Gasteiger partial charge is 0.492 e. The zero-order chi connectivity index (χ0) is 12.1. The maximum atomic E-state index is 6.31. The number of hydrogen-bond donors (Lipinski definition) is 1. The SMILES string of the molecule is CCOc1cncc(C(N)C2CSCCS2)c1. The minimum Gasteiger partial charge on any atom is -0.492 e. The number of nitrogens with two attached hydrogens (primary N) is 1. The van der Waals surface area contributed by atoms with E-state index in [0.29, 0.717) is 11.9 Å². The van der Waals surface area contributed by atoms with Gasteiger partial charge in [-0.05, 0) is 18.6 Å². The van der Waals surface area contributed by atoms with Crippen LogP contribution in [0, 0.1) is 0 Å². The monoisotopic (exact) mass is 270 g/mol. The van der Waals surface area contributed by atoms with Gasteiger partial charge in [-0.1, -0.05) is 0 Å². The zero-order valence-corrected chi connectivity index (χ0v) is 11.6. The molecular formula is C12H18N2OS2. The fourth-order valence-corrected chi connectivity index (χ4v) is 4.59. The molecule has 0 saturated carbocycles. The average Bonchev–Trinajstić information content (AvgIpc) is 2.40. The normalized spacial score (nSPS) is 22.1. The molecule has 1 aromatic heterocycles. The summed E-state index contributed by atoms with van der Waals surface area (Å²) in [6.45, 7) is 2.63. The molecule has 2 rings (SSSR count). The number of aromatic nitrogens is 1. The fraction of sp³-hybridized carbons (Fsp3) is 0.583. The van der Waals surface area contributed by atoms with Gasteiger partial charge in [0.05, 0.1) is 12.8 Å². The Hall–Kier alpha value is -0.390. The van der Waals surface area contributed by atoms with Crippen LogP contribution >= 0.6 is 23.5 Å². The lowest BCUT2D eigenvalue weighted by atomic mass is 10.1. The van der Waals surface area contributed by atoms with Crippen molar-refractivity contribution in [2.75, 3.05) is 23.9 Å². The number of pyridine rings is 1. The summed E-state index contributed by atoms with van der Waals surface area (Å²) >= 11 is 3.96. The molecule has 0 aromatic carbocycles. The van der Waals surface area contributed by atoms with Crippen molar-refractivity contribution in [3.63, 3.8) is 0 Å². The molecule has 5 heteroatoms. The predicted octanol–water partition coefficient (Wildman–Crippen LogP) is 2.33. The highest BCUT2D eigenvalue weighted by atomic mass is 32.2. The Morgan fingerprint density at radius 1 is 1.53 bits per heavy atom. The molecule has 94 valence electrons. The van der Waals surface area contributed by atoms with Crippen LogP contribution in [0.1, 0.15) is 18.5 Å². The lowest BCUT2D eigenvalue weighted by Gasteiger charge is -2.26. The second-order valence-corrected chi connectivity index (χ2v) is 6.39. The first-order chi connectivity index (χ1) is 8.31. The van der Waals surface area contributed by atoms with Gasteiger partial charge in [-0.25, -0.2) is 0 Å². The van der Waals surface area contributed by atoms with E-state index in [9.17, 15) is 0 Å². The second kappa shape index (κ2) is 6.52. The molecule has 1 saturated heterocycles. The smallest absolute Gasteiger partial charge is 0.137 e. The molecule has 1 aliphatic rings. The van der Waals surface area contributed by atoms with Gasteiger partial charge in [0.2, 0.25) is 0 Å². The van der Waals surface area contributed by atoms with E-state index < -0.39 is 0 Å². The molecule has 0 bridgehead atoms. The Morgan fingerprint density at radius 2 is 2.41 bits per heavy atom. The van der Waals surface area contributed by atoms with Crippen molar-refractivity contribution in [3.05, 3.63) is 24.0 Å². The predicted molar refractivity (Wildman–Crippen MR) is 75.9 cm³/mol. The molecule has 1 aliphatic heterocycles.